The largest absolute Gasteiger partial charge is 0.486 e. The third-order valence-corrected chi connectivity index (χ3v) is 3.90. The smallest absolute Gasteiger partial charge is 0.140 e. The van der Waals surface area contributed by atoms with E-state index in [0.29, 0.717) is 6.61 Å². The fourth-order valence-electron chi connectivity index (χ4n) is 1.37. The van der Waals surface area contributed by atoms with Crippen molar-refractivity contribution < 1.29 is 9.84 Å². The molecule has 0 aliphatic carbocycles. The Kier molecular flexibility index (Phi) is 4.15. The Balaban J connectivity index is 1.99. The van der Waals surface area contributed by atoms with E-state index in [-0.39, 0.29) is 6.61 Å². The van der Waals surface area contributed by atoms with Gasteiger partial charge in [-0.25, -0.2) is 4.98 Å². The minimum absolute atomic E-state index is 0.0434. The van der Waals surface area contributed by atoms with Crippen molar-refractivity contribution in [1.82, 2.24) is 4.98 Å². The summed E-state index contributed by atoms with van der Waals surface area (Å²) in [6.45, 7) is 2.38. The van der Waals surface area contributed by atoms with Crippen LogP contribution in [0.15, 0.2) is 28.7 Å². The first-order valence-electron chi connectivity index (χ1n) is 5.13. The minimum atomic E-state index is 0.0434. The molecule has 0 saturated carbocycles. The highest BCUT2D eigenvalue weighted by molar-refractivity contribution is 9.10. The summed E-state index contributed by atoms with van der Waals surface area (Å²) in [7, 11) is 0. The maximum atomic E-state index is 9.07. The van der Waals surface area contributed by atoms with Gasteiger partial charge in [-0.15, -0.1) is 11.3 Å². The summed E-state index contributed by atoms with van der Waals surface area (Å²) in [4.78, 5) is 5.24. The van der Waals surface area contributed by atoms with Crippen LogP contribution in [-0.4, -0.2) is 10.1 Å². The van der Waals surface area contributed by atoms with Gasteiger partial charge >= 0.3 is 0 Å². The Bertz CT molecular complexity index is 496. The van der Waals surface area contributed by atoms with Crippen LogP contribution in [0.5, 0.6) is 5.75 Å². The Morgan fingerprint density at radius 2 is 2.06 bits per heavy atom. The van der Waals surface area contributed by atoms with Gasteiger partial charge in [0.25, 0.3) is 0 Å². The molecule has 0 radical (unpaired) electrons. The van der Waals surface area contributed by atoms with Crippen molar-refractivity contribution in [3.63, 3.8) is 0 Å². The van der Waals surface area contributed by atoms with Gasteiger partial charge in [-0.2, -0.15) is 0 Å². The average molecular weight is 314 g/mol. The molecule has 0 spiro atoms. The van der Waals surface area contributed by atoms with Gasteiger partial charge < -0.3 is 9.84 Å². The number of nitrogens with zero attached hydrogens (tertiary/aromatic N) is 1. The highest BCUT2D eigenvalue weighted by Crippen LogP contribution is 2.21. The molecule has 1 aromatic heterocycles. The lowest BCUT2D eigenvalue weighted by Gasteiger charge is -2.03. The summed E-state index contributed by atoms with van der Waals surface area (Å²) in [5.74, 6) is 0.812. The van der Waals surface area contributed by atoms with Crippen molar-refractivity contribution in [3.05, 3.63) is 44.3 Å². The van der Waals surface area contributed by atoms with E-state index in [1.54, 1.807) is 0 Å². The molecule has 90 valence electrons. The van der Waals surface area contributed by atoms with Gasteiger partial charge in [0.2, 0.25) is 0 Å². The highest BCUT2D eigenvalue weighted by Gasteiger charge is 2.06. The van der Waals surface area contributed by atoms with Crippen molar-refractivity contribution in [3.8, 4) is 5.75 Å². The van der Waals surface area contributed by atoms with Crippen LogP contribution >= 0.6 is 27.3 Å². The maximum Gasteiger partial charge on any atom is 0.140 e. The molecule has 1 aromatic carbocycles. The second-order valence-electron chi connectivity index (χ2n) is 3.52. The van der Waals surface area contributed by atoms with Gasteiger partial charge in [0.15, 0.2) is 0 Å². The Hall–Kier alpha value is -0.910. The van der Waals surface area contributed by atoms with Gasteiger partial charge in [-0.3, -0.25) is 0 Å². The SMILES string of the molecule is Cc1nc(COc2ccc(Br)cc2)sc1CO. The highest BCUT2D eigenvalue weighted by atomic mass is 79.9. The molecule has 0 saturated heterocycles. The Morgan fingerprint density at radius 1 is 1.35 bits per heavy atom. The van der Waals surface area contributed by atoms with Crippen LogP contribution in [0.3, 0.4) is 0 Å². The van der Waals surface area contributed by atoms with E-state index in [2.05, 4.69) is 20.9 Å². The van der Waals surface area contributed by atoms with Crippen molar-refractivity contribution in [1.29, 1.82) is 0 Å². The molecule has 1 N–H and O–H groups in total. The number of aliphatic hydroxyl groups is 1. The monoisotopic (exact) mass is 313 g/mol. The summed E-state index contributed by atoms with van der Waals surface area (Å²) in [6, 6.07) is 7.66. The zero-order valence-electron chi connectivity index (χ0n) is 9.31. The van der Waals surface area contributed by atoms with Gasteiger partial charge in [-0.05, 0) is 31.2 Å². The lowest BCUT2D eigenvalue weighted by Crippen LogP contribution is -1.94. The normalized spacial score (nSPS) is 10.5. The summed E-state index contributed by atoms with van der Waals surface area (Å²) in [5, 5.41) is 9.96. The van der Waals surface area contributed by atoms with Crippen LogP contribution in [0, 0.1) is 6.92 Å². The lowest BCUT2D eigenvalue weighted by molar-refractivity contribution is 0.284. The summed E-state index contributed by atoms with van der Waals surface area (Å²) in [6.07, 6.45) is 0. The first-order valence-corrected chi connectivity index (χ1v) is 6.74. The first kappa shape index (κ1) is 12.5. The molecular weight excluding hydrogens is 302 g/mol. The fraction of sp³-hybridized carbons (Fsp3) is 0.250. The summed E-state index contributed by atoms with van der Waals surface area (Å²) >= 11 is 4.86. The number of aromatic nitrogens is 1. The predicted molar refractivity (Wildman–Crippen MR) is 71.2 cm³/mol. The van der Waals surface area contributed by atoms with E-state index in [1.165, 1.54) is 11.3 Å². The number of rotatable bonds is 4. The molecule has 5 heteroatoms. The van der Waals surface area contributed by atoms with Crippen LogP contribution in [0.2, 0.25) is 0 Å². The zero-order valence-corrected chi connectivity index (χ0v) is 11.7. The molecule has 0 fully saturated rings. The third kappa shape index (κ3) is 3.28. The molecule has 1 heterocycles. The minimum Gasteiger partial charge on any atom is -0.486 e. The van der Waals surface area contributed by atoms with E-state index in [1.807, 2.05) is 31.2 Å². The van der Waals surface area contributed by atoms with Gasteiger partial charge in [0.1, 0.15) is 17.4 Å². The number of hydrogen-bond donors (Lipinski definition) is 1. The Labute approximate surface area is 112 Å². The molecule has 2 aromatic rings. The zero-order chi connectivity index (χ0) is 12.3. The summed E-state index contributed by atoms with van der Waals surface area (Å²) in [5.41, 5.74) is 0.881. The molecule has 0 unspecified atom stereocenters. The topological polar surface area (TPSA) is 42.4 Å². The average Bonchev–Trinajstić information content (AvgIpc) is 2.69. The van der Waals surface area contributed by atoms with Gasteiger partial charge in [0.05, 0.1) is 17.2 Å². The number of hydrogen-bond acceptors (Lipinski definition) is 4. The van der Waals surface area contributed by atoms with Crippen molar-refractivity contribution in [2.75, 3.05) is 0 Å². The standard InChI is InChI=1S/C12H12BrNO2S/c1-8-11(6-15)17-12(14-8)7-16-10-4-2-9(13)3-5-10/h2-5,15H,6-7H2,1H3. The van der Waals surface area contributed by atoms with Crippen LogP contribution in [-0.2, 0) is 13.2 Å². The van der Waals surface area contributed by atoms with Crippen molar-refractivity contribution in [2.24, 2.45) is 0 Å². The first-order chi connectivity index (χ1) is 8.19. The van der Waals surface area contributed by atoms with Crippen molar-refractivity contribution in [2.45, 2.75) is 20.1 Å². The molecule has 0 atom stereocenters. The quantitative estimate of drug-likeness (QED) is 0.942. The number of thiazole rings is 1. The van der Waals surface area contributed by atoms with Crippen LogP contribution in [0.1, 0.15) is 15.6 Å². The Morgan fingerprint density at radius 3 is 2.65 bits per heavy atom. The molecule has 2 rings (SSSR count). The molecular formula is C12H12BrNO2S. The molecule has 0 aliphatic heterocycles. The molecule has 0 aliphatic rings. The fourth-order valence-corrected chi connectivity index (χ4v) is 2.48. The van der Waals surface area contributed by atoms with Gasteiger partial charge in [-0.1, -0.05) is 15.9 Å². The molecule has 17 heavy (non-hydrogen) atoms. The second-order valence-corrected chi connectivity index (χ2v) is 5.60. The van der Waals surface area contributed by atoms with E-state index in [4.69, 9.17) is 9.84 Å². The van der Waals surface area contributed by atoms with Crippen LogP contribution in [0.25, 0.3) is 0 Å². The number of aryl methyl sites for hydroxylation is 1. The molecule has 3 nitrogen and oxygen atoms in total. The second kappa shape index (κ2) is 5.62. The number of aliphatic hydroxyl groups excluding tert-OH is 1. The number of ether oxygens (including phenoxy) is 1. The van der Waals surface area contributed by atoms with E-state index in [0.717, 1.165) is 25.8 Å². The molecule has 0 amide bonds. The maximum absolute atomic E-state index is 9.07. The number of halogens is 1. The number of benzene rings is 1. The summed E-state index contributed by atoms with van der Waals surface area (Å²) < 4.78 is 6.63. The van der Waals surface area contributed by atoms with E-state index >= 15 is 0 Å². The van der Waals surface area contributed by atoms with Crippen LogP contribution < -0.4 is 4.74 Å². The lowest BCUT2D eigenvalue weighted by atomic mass is 10.3. The van der Waals surface area contributed by atoms with E-state index in [9.17, 15) is 0 Å². The van der Waals surface area contributed by atoms with Crippen LogP contribution in [0.4, 0.5) is 0 Å². The van der Waals surface area contributed by atoms with E-state index < -0.39 is 0 Å². The third-order valence-electron chi connectivity index (χ3n) is 2.26. The van der Waals surface area contributed by atoms with Gasteiger partial charge in [0, 0.05) is 4.47 Å². The predicted octanol–water partition coefficient (Wildman–Crippen LogP) is 3.29. The van der Waals surface area contributed by atoms with Crippen molar-refractivity contribution >= 4 is 27.3 Å². The molecule has 0 bridgehead atoms.